The molecule has 1 aromatic carbocycles. The van der Waals surface area contributed by atoms with Crippen LogP contribution in [-0.2, 0) is 9.59 Å². The van der Waals surface area contributed by atoms with E-state index in [4.69, 9.17) is 10.8 Å². The maximum atomic E-state index is 12.9. The van der Waals surface area contributed by atoms with Crippen molar-refractivity contribution in [2.75, 3.05) is 13.1 Å². The number of halogens is 2. The number of amides is 1. The summed E-state index contributed by atoms with van der Waals surface area (Å²) in [5.41, 5.74) is 5.84. The number of benzene rings is 1. The molecule has 1 rings (SSSR count). The normalized spacial score (nSPS) is 11.8. The van der Waals surface area contributed by atoms with Crippen LogP contribution in [0.2, 0.25) is 0 Å². The van der Waals surface area contributed by atoms with Gasteiger partial charge in [-0.25, -0.2) is 4.39 Å². The quantitative estimate of drug-likeness (QED) is 0.801. The Morgan fingerprint density at radius 1 is 1.35 bits per heavy atom. The lowest BCUT2D eigenvalue weighted by molar-refractivity contribution is -0.139. The number of nitrogens with two attached hydrogens (primary N) is 1. The van der Waals surface area contributed by atoms with Gasteiger partial charge in [0.25, 0.3) is 0 Å². The van der Waals surface area contributed by atoms with E-state index in [1.165, 1.54) is 29.2 Å². The van der Waals surface area contributed by atoms with Crippen molar-refractivity contribution in [2.24, 2.45) is 5.73 Å². The molecule has 0 aliphatic carbocycles. The Balaban J connectivity index is 0.00000361. The highest BCUT2D eigenvalue weighted by Gasteiger charge is 2.26. The minimum Gasteiger partial charge on any atom is -0.480 e. The van der Waals surface area contributed by atoms with Crippen LogP contribution in [0.15, 0.2) is 24.3 Å². The summed E-state index contributed by atoms with van der Waals surface area (Å²) >= 11 is 0. The van der Waals surface area contributed by atoms with Crippen LogP contribution in [0.4, 0.5) is 4.39 Å². The van der Waals surface area contributed by atoms with Gasteiger partial charge in [0.2, 0.25) is 5.91 Å². The van der Waals surface area contributed by atoms with Crippen LogP contribution in [0.5, 0.6) is 0 Å². The second kappa shape index (κ2) is 8.50. The molecule has 0 aromatic heterocycles. The van der Waals surface area contributed by atoms with Crippen LogP contribution in [-0.4, -0.2) is 35.0 Å². The largest absolute Gasteiger partial charge is 0.480 e. The maximum absolute atomic E-state index is 12.9. The summed E-state index contributed by atoms with van der Waals surface area (Å²) in [5.74, 6) is -2.12. The maximum Gasteiger partial charge on any atom is 0.317 e. The Hall–Kier alpha value is -1.66. The predicted octanol–water partition coefficient (Wildman–Crippen LogP) is 1.57. The fraction of sp³-hybridized carbons (Fsp3) is 0.385. The number of carbonyl (C=O) groups excluding carboxylic acids is 1. The Morgan fingerprint density at radius 3 is 2.30 bits per heavy atom. The molecule has 7 heteroatoms. The molecule has 112 valence electrons. The number of carbonyl (C=O) groups is 2. The summed E-state index contributed by atoms with van der Waals surface area (Å²) in [6.45, 7) is 1.99. The lowest BCUT2D eigenvalue weighted by Crippen LogP contribution is -2.41. The highest BCUT2D eigenvalue weighted by atomic mass is 35.5. The number of hydrogen-bond donors (Lipinski definition) is 2. The van der Waals surface area contributed by atoms with E-state index >= 15 is 0 Å². The summed E-state index contributed by atoms with van der Waals surface area (Å²) in [6, 6.07) is 4.45. The predicted molar refractivity (Wildman–Crippen MR) is 75.1 cm³/mol. The zero-order valence-corrected chi connectivity index (χ0v) is 11.9. The zero-order chi connectivity index (χ0) is 14.4. The number of hydrogen-bond acceptors (Lipinski definition) is 3. The van der Waals surface area contributed by atoms with Crippen LogP contribution < -0.4 is 5.73 Å². The molecule has 5 nitrogen and oxygen atoms in total. The average molecular weight is 305 g/mol. The molecule has 0 aliphatic rings. The Bertz CT molecular complexity index is 453. The third kappa shape index (κ3) is 5.14. The summed E-state index contributed by atoms with van der Waals surface area (Å²) in [5, 5.41) is 8.88. The molecule has 0 spiro atoms. The highest BCUT2D eigenvalue weighted by Crippen LogP contribution is 2.21. The first-order valence-corrected chi connectivity index (χ1v) is 5.96. The van der Waals surface area contributed by atoms with Gasteiger partial charge in [0, 0.05) is 0 Å². The van der Waals surface area contributed by atoms with Gasteiger partial charge in [0.15, 0.2) is 0 Å². The van der Waals surface area contributed by atoms with Crippen molar-refractivity contribution < 1.29 is 19.1 Å². The van der Waals surface area contributed by atoms with Gasteiger partial charge in [-0.2, -0.15) is 0 Å². The van der Waals surface area contributed by atoms with Crippen LogP contribution in [0, 0.1) is 5.82 Å². The Morgan fingerprint density at radius 2 is 1.90 bits per heavy atom. The fourth-order valence-electron chi connectivity index (χ4n) is 1.96. The van der Waals surface area contributed by atoms with Gasteiger partial charge in [0.1, 0.15) is 11.9 Å². The lowest BCUT2D eigenvalue weighted by Gasteiger charge is -2.28. The molecule has 1 atom stereocenters. The molecule has 0 aliphatic heterocycles. The van der Waals surface area contributed by atoms with Crippen molar-refractivity contribution in [1.82, 2.24) is 4.90 Å². The topological polar surface area (TPSA) is 83.6 Å². The number of carboxylic acid groups (broad SMARTS) is 1. The van der Waals surface area contributed by atoms with Crippen LogP contribution >= 0.6 is 12.4 Å². The van der Waals surface area contributed by atoms with E-state index in [1.54, 1.807) is 0 Å². The molecule has 0 fully saturated rings. The summed E-state index contributed by atoms with van der Waals surface area (Å²) in [6.07, 6.45) is 0.679. The second-order valence-electron chi connectivity index (χ2n) is 4.22. The lowest BCUT2D eigenvalue weighted by atomic mass is 10.0. The molecule has 0 saturated carbocycles. The molecular weight excluding hydrogens is 287 g/mol. The molecule has 0 heterocycles. The SMILES string of the molecule is CCCN(CC(=O)O)C(C(N)=O)c1ccc(F)cc1.Cl. The molecular formula is C13H18ClFN2O3. The van der Waals surface area contributed by atoms with Gasteiger partial charge in [0.05, 0.1) is 6.54 Å². The summed E-state index contributed by atoms with van der Waals surface area (Å²) in [4.78, 5) is 23.9. The number of aliphatic carboxylic acids is 1. The molecule has 1 aromatic rings. The fourth-order valence-corrected chi connectivity index (χ4v) is 1.96. The minimum absolute atomic E-state index is 0. The van der Waals surface area contributed by atoms with Crippen LogP contribution in [0.3, 0.4) is 0 Å². The standard InChI is InChI=1S/C13H17FN2O3.ClH/c1-2-7-16(8-11(17)18)12(13(15)19)9-3-5-10(14)6-4-9;/h3-6,12H,2,7-8H2,1H3,(H2,15,19)(H,17,18);1H. The molecule has 3 N–H and O–H groups in total. The van der Waals surface area contributed by atoms with Crippen molar-refractivity contribution in [3.8, 4) is 0 Å². The molecule has 0 bridgehead atoms. The Labute approximate surface area is 123 Å². The number of rotatable bonds is 7. The first-order chi connectivity index (χ1) is 8.95. The zero-order valence-electron chi connectivity index (χ0n) is 11.1. The first-order valence-electron chi connectivity index (χ1n) is 5.96. The van der Waals surface area contributed by atoms with E-state index in [2.05, 4.69) is 0 Å². The van der Waals surface area contributed by atoms with Crippen LogP contribution in [0.25, 0.3) is 0 Å². The van der Waals surface area contributed by atoms with E-state index in [9.17, 15) is 14.0 Å². The Kier molecular flexibility index (Phi) is 7.79. The summed E-state index contributed by atoms with van der Waals surface area (Å²) < 4.78 is 12.9. The highest BCUT2D eigenvalue weighted by molar-refractivity contribution is 5.85. The van der Waals surface area contributed by atoms with E-state index in [0.717, 1.165) is 0 Å². The van der Waals surface area contributed by atoms with Crippen molar-refractivity contribution in [1.29, 1.82) is 0 Å². The van der Waals surface area contributed by atoms with Crippen molar-refractivity contribution in [3.63, 3.8) is 0 Å². The van der Waals surface area contributed by atoms with Gasteiger partial charge in [-0.05, 0) is 30.7 Å². The number of primary amides is 1. The van der Waals surface area contributed by atoms with Gasteiger partial charge < -0.3 is 10.8 Å². The van der Waals surface area contributed by atoms with Crippen molar-refractivity contribution in [2.45, 2.75) is 19.4 Å². The van der Waals surface area contributed by atoms with Crippen LogP contribution in [0.1, 0.15) is 24.9 Å². The van der Waals surface area contributed by atoms with Gasteiger partial charge >= 0.3 is 5.97 Å². The smallest absolute Gasteiger partial charge is 0.317 e. The van der Waals surface area contributed by atoms with Gasteiger partial charge in [-0.3, -0.25) is 14.5 Å². The number of carboxylic acids is 1. The molecule has 1 amide bonds. The molecule has 0 radical (unpaired) electrons. The minimum atomic E-state index is -1.04. The molecule has 1 unspecified atom stereocenters. The monoisotopic (exact) mass is 304 g/mol. The van der Waals surface area contributed by atoms with Crippen molar-refractivity contribution in [3.05, 3.63) is 35.6 Å². The van der Waals surface area contributed by atoms with E-state index < -0.39 is 23.7 Å². The van der Waals surface area contributed by atoms with E-state index in [0.29, 0.717) is 18.5 Å². The molecule has 0 saturated heterocycles. The second-order valence-corrected chi connectivity index (χ2v) is 4.22. The van der Waals surface area contributed by atoms with E-state index in [-0.39, 0.29) is 19.0 Å². The summed E-state index contributed by atoms with van der Waals surface area (Å²) in [7, 11) is 0. The first kappa shape index (κ1) is 18.3. The third-order valence-corrected chi connectivity index (χ3v) is 2.67. The van der Waals surface area contributed by atoms with Crippen molar-refractivity contribution >= 4 is 24.3 Å². The molecule has 20 heavy (non-hydrogen) atoms. The van der Waals surface area contributed by atoms with E-state index in [1.807, 2.05) is 6.92 Å². The third-order valence-electron chi connectivity index (χ3n) is 2.67. The number of nitrogens with zero attached hydrogens (tertiary/aromatic N) is 1. The average Bonchev–Trinajstić information content (AvgIpc) is 2.31. The van der Waals surface area contributed by atoms with Gasteiger partial charge in [-0.1, -0.05) is 19.1 Å². The van der Waals surface area contributed by atoms with Gasteiger partial charge in [-0.15, -0.1) is 12.4 Å².